The molecular formula is C4H10NiO5. The predicted octanol–water partition coefficient (Wildman–Crippen LogP) is -0.645. The predicted molar refractivity (Wildman–Crippen MR) is 30.2 cm³/mol. The average molecular weight is 197 g/mol. The molecule has 0 saturated heterocycles. The van der Waals surface area contributed by atoms with Gasteiger partial charge >= 0.3 is 0 Å². The van der Waals surface area contributed by atoms with Crippen LogP contribution < -0.4 is 0 Å². The van der Waals surface area contributed by atoms with Crippen LogP contribution in [0.4, 0.5) is 0 Å². The molecule has 0 amide bonds. The second-order valence-corrected chi connectivity index (χ2v) is 1.04. The van der Waals surface area contributed by atoms with Crippen molar-refractivity contribution in [2.24, 2.45) is 0 Å². The molecule has 0 aromatic rings. The zero-order chi connectivity index (χ0) is 7.15. The maximum Gasteiger partial charge on any atom is 0.300 e. The van der Waals surface area contributed by atoms with Gasteiger partial charge in [0.05, 0.1) is 0 Å². The molecule has 0 bridgehead atoms. The molecule has 10 heavy (non-hydrogen) atoms. The van der Waals surface area contributed by atoms with Gasteiger partial charge in [-0.2, -0.15) is 0 Å². The Morgan fingerprint density at radius 3 is 1.00 bits per heavy atom. The van der Waals surface area contributed by atoms with E-state index >= 15 is 0 Å². The van der Waals surface area contributed by atoms with Gasteiger partial charge in [0.25, 0.3) is 11.9 Å². The van der Waals surface area contributed by atoms with Crippen LogP contribution in [0.1, 0.15) is 13.8 Å². The molecule has 0 rings (SSSR count). The van der Waals surface area contributed by atoms with E-state index < -0.39 is 11.9 Å². The summed E-state index contributed by atoms with van der Waals surface area (Å²) < 4.78 is 0. The van der Waals surface area contributed by atoms with Gasteiger partial charge in [-0.15, -0.1) is 0 Å². The molecule has 0 aromatic heterocycles. The van der Waals surface area contributed by atoms with Crippen molar-refractivity contribution in [1.82, 2.24) is 0 Å². The molecule has 0 unspecified atom stereocenters. The van der Waals surface area contributed by atoms with Gasteiger partial charge in [-0.25, -0.2) is 0 Å². The molecule has 0 saturated carbocycles. The maximum absolute atomic E-state index is 9.00. The van der Waals surface area contributed by atoms with Crippen LogP contribution >= 0.6 is 0 Å². The van der Waals surface area contributed by atoms with E-state index in [1.165, 1.54) is 0 Å². The fourth-order valence-corrected chi connectivity index (χ4v) is 0. The van der Waals surface area contributed by atoms with Crippen molar-refractivity contribution >= 4 is 11.9 Å². The van der Waals surface area contributed by atoms with E-state index in [9.17, 15) is 0 Å². The molecule has 4 N–H and O–H groups in total. The van der Waals surface area contributed by atoms with Crippen LogP contribution in [-0.4, -0.2) is 27.6 Å². The Morgan fingerprint density at radius 2 is 1.00 bits per heavy atom. The number of carboxylic acid groups (broad SMARTS) is 2. The summed E-state index contributed by atoms with van der Waals surface area (Å²) in [6.07, 6.45) is 0. The first kappa shape index (κ1) is 22.7. The summed E-state index contributed by atoms with van der Waals surface area (Å²) in [5.74, 6) is -1.67. The summed E-state index contributed by atoms with van der Waals surface area (Å²) in [6.45, 7) is 2.17. The molecule has 0 aliphatic carbocycles. The van der Waals surface area contributed by atoms with Gasteiger partial charge in [-0.05, 0) is 0 Å². The van der Waals surface area contributed by atoms with Gasteiger partial charge in [-0.3, -0.25) is 9.59 Å². The van der Waals surface area contributed by atoms with Crippen LogP contribution in [0.5, 0.6) is 0 Å². The molecule has 0 spiro atoms. The van der Waals surface area contributed by atoms with Gasteiger partial charge < -0.3 is 15.7 Å². The fraction of sp³-hybridized carbons (Fsp3) is 0.500. The van der Waals surface area contributed by atoms with Gasteiger partial charge in [0.1, 0.15) is 0 Å². The van der Waals surface area contributed by atoms with Crippen molar-refractivity contribution in [2.75, 3.05) is 0 Å². The minimum Gasteiger partial charge on any atom is -0.481 e. The molecule has 0 aliphatic heterocycles. The Bertz CT molecular complexity index is 71.6. The molecule has 0 aliphatic rings. The van der Waals surface area contributed by atoms with E-state index in [0.29, 0.717) is 0 Å². The SMILES string of the molecule is CC(=O)O.CC(=O)O.O.[Ni]. The van der Waals surface area contributed by atoms with Crippen LogP contribution in [0, 0.1) is 0 Å². The smallest absolute Gasteiger partial charge is 0.300 e. The van der Waals surface area contributed by atoms with Crippen molar-refractivity contribution in [3.8, 4) is 0 Å². The summed E-state index contributed by atoms with van der Waals surface area (Å²) in [5, 5.41) is 14.8. The zero-order valence-electron chi connectivity index (χ0n) is 5.53. The summed E-state index contributed by atoms with van der Waals surface area (Å²) in [6, 6.07) is 0. The van der Waals surface area contributed by atoms with Crippen molar-refractivity contribution in [1.29, 1.82) is 0 Å². The minimum atomic E-state index is -0.833. The summed E-state index contributed by atoms with van der Waals surface area (Å²) in [5.41, 5.74) is 0. The van der Waals surface area contributed by atoms with E-state index in [4.69, 9.17) is 19.8 Å². The van der Waals surface area contributed by atoms with E-state index in [1.54, 1.807) is 0 Å². The molecule has 6 heteroatoms. The molecule has 0 radical (unpaired) electrons. The van der Waals surface area contributed by atoms with E-state index in [2.05, 4.69) is 0 Å². The molecule has 0 fully saturated rings. The zero-order valence-corrected chi connectivity index (χ0v) is 6.51. The molecule has 0 aromatic carbocycles. The number of carboxylic acids is 2. The molecule has 0 atom stereocenters. The number of aliphatic carboxylic acids is 2. The Hall–Kier alpha value is -0.606. The van der Waals surface area contributed by atoms with Crippen molar-refractivity contribution < 1.29 is 41.8 Å². The maximum atomic E-state index is 9.00. The summed E-state index contributed by atoms with van der Waals surface area (Å²) in [4.78, 5) is 18.0. The standard InChI is InChI=1S/2C2H4O2.Ni.H2O/c2*1-2(3)4;;/h2*1H3,(H,3,4);;1H2. The first-order valence-corrected chi connectivity index (χ1v) is 1.86. The van der Waals surface area contributed by atoms with Crippen molar-refractivity contribution in [3.63, 3.8) is 0 Å². The largest absolute Gasteiger partial charge is 0.481 e. The molecule has 66 valence electrons. The van der Waals surface area contributed by atoms with E-state index in [1.807, 2.05) is 0 Å². The summed E-state index contributed by atoms with van der Waals surface area (Å²) >= 11 is 0. The number of hydrogen-bond donors (Lipinski definition) is 2. The second kappa shape index (κ2) is 15.8. The second-order valence-electron chi connectivity index (χ2n) is 1.04. The van der Waals surface area contributed by atoms with Crippen LogP contribution in [0.25, 0.3) is 0 Å². The van der Waals surface area contributed by atoms with Crippen LogP contribution in [-0.2, 0) is 26.1 Å². The summed E-state index contributed by atoms with van der Waals surface area (Å²) in [7, 11) is 0. The Morgan fingerprint density at radius 1 is 1.00 bits per heavy atom. The van der Waals surface area contributed by atoms with Crippen molar-refractivity contribution in [3.05, 3.63) is 0 Å². The third kappa shape index (κ3) is 822. The van der Waals surface area contributed by atoms with Crippen molar-refractivity contribution in [2.45, 2.75) is 13.8 Å². The van der Waals surface area contributed by atoms with Gasteiger partial charge in [0.2, 0.25) is 0 Å². The number of rotatable bonds is 0. The van der Waals surface area contributed by atoms with Crippen LogP contribution in [0.3, 0.4) is 0 Å². The first-order valence-electron chi connectivity index (χ1n) is 1.86. The molecule has 5 nitrogen and oxygen atoms in total. The normalized spacial score (nSPS) is 5.00. The number of carbonyl (C=O) groups is 2. The van der Waals surface area contributed by atoms with Crippen LogP contribution in [0.15, 0.2) is 0 Å². The van der Waals surface area contributed by atoms with E-state index in [-0.39, 0.29) is 22.0 Å². The topological polar surface area (TPSA) is 106 Å². The van der Waals surface area contributed by atoms with E-state index in [0.717, 1.165) is 13.8 Å². The van der Waals surface area contributed by atoms with Crippen LogP contribution in [0.2, 0.25) is 0 Å². The third-order valence-electron chi connectivity index (χ3n) is 0. The molecule has 0 heterocycles. The molecular weight excluding hydrogens is 187 g/mol. The Labute approximate surface area is 68.3 Å². The Kier molecular flexibility index (Phi) is 35.9. The van der Waals surface area contributed by atoms with Gasteiger partial charge in [-0.1, -0.05) is 0 Å². The minimum absolute atomic E-state index is 0. The quantitative estimate of drug-likeness (QED) is 0.503. The average Bonchev–Trinajstić information content (AvgIpc) is 1.25. The number of hydrogen-bond acceptors (Lipinski definition) is 2. The van der Waals surface area contributed by atoms with Gasteiger partial charge in [0, 0.05) is 30.3 Å². The first-order chi connectivity index (χ1) is 3.46. The monoisotopic (exact) mass is 196 g/mol. The Balaban J connectivity index is -0.0000000300. The third-order valence-corrected chi connectivity index (χ3v) is 0. The fourth-order valence-electron chi connectivity index (χ4n) is 0. The van der Waals surface area contributed by atoms with Gasteiger partial charge in [0.15, 0.2) is 0 Å².